The van der Waals surface area contributed by atoms with Gasteiger partial charge in [0.2, 0.25) is 0 Å². The van der Waals surface area contributed by atoms with E-state index in [9.17, 15) is 14.0 Å². The van der Waals surface area contributed by atoms with Crippen LogP contribution in [0.1, 0.15) is 11.1 Å². The summed E-state index contributed by atoms with van der Waals surface area (Å²) in [5, 5.41) is 3.10. The molecule has 150 valence electrons. The van der Waals surface area contributed by atoms with Gasteiger partial charge < -0.3 is 10.1 Å². The van der Waals surface area contributed by atoms with Crippen LogP contribution < -0.4 is 15.0 Å². The Balaban J connectivity index is 1.90. The van der Waals surface area contributed by atoms with Gasteiger partial charge >= 0.3 is 0 Å². The van der Waals surface area contributed by atoms with E-state index in [1.54, 1.807) is 30.3 Å². The molecular formula is C24H19FN2O3. The molecule has 0 atom stereocenters. The molecule has 2 amide bonds. The summed E-state index contributed by atoms with van der Waals surface area (Å²) in [5.74, 6) is -1.47. The number of ether oxygens (including phenoxy) is 1. The number of hydrogen-bond acceptors (Lipinski definition) is 4. The second-order valence-electron chi connectivity index (χ2n) is 6.79. The van der Waals surface area contributed by atoms with Gasteiger partial charge in [0, 0.05) is 11.3 Å². The molecule has 1 aliphatic heterocycles. The van der Waals surface area contributed by atoms with Crippen LogP contribution in [0.5, 0.6) is 5.75 Å². The molecule has 5 nitrogen and oxygen atoms in total. The Bertz CT molecular complexity index is 1190. The minimum Gasteiger partial charge on any atom is -0.496 e. The standard InChI is InChI=1S/C24H19FN2O3/c1-15-9-3-6-12-18(15)26-22-21(16-10-4-8-14-20(16)30-2)23(28)27(24(22)29)19-13-7-5-11-17(19)25/h3-14,26H,1-2H3. The lowest BCUT2D eigenvalue weighted by molar-refractivity contribution is -0.120. The maximum absolute atomic E-state index is 14.5. The van der Waals surface area contributed by atoms with Gasteiger partial charge in [0.1, 0.15) is 17.3 Å². The number of hydrogen-bond donors (Lipinski definition) is 1. The fraction of sp³-hybridized carbons (Fsp3) is 0.0833. The van der Waals surface area contributed by atoms with Crippen LogP contribution in [0.25, 0.3) is 5.57 Å². The molecular weight excluding hydrogens is 383 g/mol. The van der Waals surface area contributed by atoms with Crippen molar-refractivity contribution in [1.82, 2.24) is 0 Å². The van der Waals surface area contributed by atoms with Gasteiger partial charge in [-0.15, -0.1) is 0 Å². The number of aryl methyl sites for hydroxylation is 1. The van der Waals surface area contributed by atoms with Crippen LogP contribution >= 0.6 is 0 Å². The summed E-state index contributed by atoms with van der Waals surface area (Å²) >= 11 is 0. The van der Waals surface area contributed by atoms with Crippen molar-refractivity contribution in [1.29, 1.82) is 0 Å². The molecule has 6 heteroatoms. The number of carbonyl (C=O) groups is 2. The largest absolute Gasteiger partial charge is 0.496 e. The summed E-state index contributed by atoms with van der Waals surface area (Å²) in [4.78, 5) is 27.6. The summed E-state index contributed by atoms with van der Waals surface area (Å²) in [7, 11) is 1.49. The second kappa shape index (κ2) is 7.83. The molecule has 0 aliphatic carbocycles. The molecule has 0 saturated heterocycles. The third-order valence-electron chi connectivity index (χ3n) is 4.96. The van der Waals surface area contributed by atoms with Crippen molar-refractivity contribution in [3.05, 3.63) is 95.4 Å². The number of benzene rings is 3. The maximum atomic E-state index is 14.5. The highest BCUT2D eigenvalue weighted by Gasteiger charge is 2.42. The van der Waals surface area contributed by atoms with Crippen LogP contribution in [0.3, 0.4) is 0 Å². The van der Waals surface area contributed by atoms with Crippen molar-refractivity contribution < 1.29 is 18.7 Å². The summed E-state index contributed by atoms with van der Waals surface area (Å²) in [5.41, 5.74) is 2.13. The van der Waals surface area contributed by atoms with Gasteiger partial charge in [0.05, 0.1) is 18.4 Å². The van der Waals surface area contributed by atoms with Gasteiger partial charge in [0.25, 0.3) is 11.8 Å². The van der Waals surface area contributed by atoms with Crippen LogP contribution in [0.4, 0.5) is 15.8 Å². The van der Waals surface area contributed by atoms with Crippen molar-refractivity contribution in [2.24, 2.45) is 0 Å². The predicted octanol–water partition coefficient (Wildman–Crippen LogP) is 4.54. The zero-order chi connectivity index (χ0) is 21.3. The Kier molecular flexibility index (Phi) is 5.06. The van der Waals surface area contributed by atoms with Crippen LogP contribution in [0.2, 0.25) is 0 Å². The van der Waals surface area contributed by atoms with E-state index in [0.717, 1.165) is 10.5 Å². The molecule has 4 rings (SSSR count). The Morgan fingerprint density at radius 1 is 0.867 bits per heavy atom. The first-order valence-corrected chi connectivity index (χ1v) is 9.36. The van der Waals surface area contributed by atoms with Crippen LogP contribution in [0, 0.1) is 12.7 Å². The van der Waals surface area contributed by atoms with Gasteiger partial charge in [-0.25, -0.2) is 9.29 Å². The lowest BCUT2D eigenvalue weighted by atomic mass is 10.0. The van der Waals surface area contributed by atoms with E-state index >= 15 is 0 Å². The summed E-state index contributed by atoms with van der Waals surface area (Å²) < 4.78 is 19.9. The molecule has 1 N–H and O–H groups in total. The summed E-state index contributed by atoms with van der Waals surface area (Å²) in [6.45, 7) is 1.89. The van der Waals surface area contributed by atoms with Gasteiger partial charge in [-0.2, -0.15) is 0 Å². The quantitative estimate of drug-likeness (QED) is 0.637. The average Bonchev–Trinajstić information content (AvgIpc) is 2.99. The molecule has 0 unspecified atom stereocenters. The van der Waals surface area contributed by atoms with Gasteiger partial charge in [-0.1, -0.05) is 48.5 Å². The molecule has 0 spiro atoms. The van der Waals surface area contributed by atoms with Crippen LogP contribution in [0.15, 0.2) is 78.5 Å². The van der Waals surface area contributed by atoms with Crippen LogP contribution in [-0.2, 0) is 9.59 Å². The molecule has 0 radical (unpaired) electrons. The number of rotatable bonds is 5. The van der Waals surface area contributed by atoms with E-state index in [4.69, 9.17) is 4.74 Å². The fourth-order valence-corrected chi connectivity index (χ4v) is 3.45. The molecule has 0 aromatic heterocycles. The number of para-hydroxylation sites is 3. The van der Waals surface area contributed by atoms with E-state index in [1.165, 1.54) is 25.3 Å². The summed E-state index contributed by atoms with van der Waals surface area (Å²) in [6.07, 6.45) is 0. The Morgan fingerprint density at radius 2 is 1.53 bits per heavy atom. The van der Waals surface area contributed by atoms with E-state index in [1.807, 2.05) is 31.2 Å². The number of imide groups is 1. The Hall–Kier alpha value is -3.93. The fourth-order valence-electron chi connectivity index (χ4n) is 3.45. The van der Waals surface area contributed by atoms with E-state index in [0.29, 0.717) is 17.0 Å². The van der Waals surface area contributed by atoms with E-state index in [-0.39, 0.29) is 17.0 Å². The number of nitrogens with one attached hydrogen (secondary N) is 1. The van der Waals surface area contributed by atoms with Crippen molar-refractivity contribution in [3.8, 4) is 5.75 Å². The van der Waals surface area contributed by atoms with Gasteiger partial charge in [-0.3, -0.25) is 9.59 Å². The number of anilines is 2. The second-order valence-corrected chi connectivity index (χ2v) is 6.79. The first-order valence-electron chi connectivity index (χ1n) is 9.36. The van der Waals surface area contributed by atoms with Crippen LogP contribution in [-0.4, -0.2) is 18.9 Å². The Labute approximate surface area is 173 Å². The molecule has 0 bridgehead atoms. The van der Waals surface area contributed by atoms with Crippen molar-refractivity contribution in [2.45, 2.75) is 6.92 Å². The molecule has 30 heavy (non-hydrogen) atoms. The topological polar surface area (TPSA) is 58.6 Å². The number of carbonyl (C=O) groups excluding carboxylic acids is 2. The molecule has 1 heterocycles. The molecule has 0 fully saturated rings. The SMILES string of the molecule is COc1ccccc1C1=C(Nc2ccccc2C)C(=O)N(c2ccccc2F)C1=O. The van der Waals surface area contributed by atoms with Crippen molar-refractivity contribution >= 4 is 28.8 Å². The average molecular weight is 402 g/mol. The number of amides is 2. The summed E-state index contributed by atoms with van der Waals surface area (Å²) in [6, 6.07) is 20.0. The minimum atomic E-state index is -0.657. The zero-order valence-electron chi connectivity index (χ0n) is 16.5. The monoisotopic (exact) mass is 402 g/mol. The Morgan fingerprint density at radius 3 is 2.27 bits per heavy atom. The van der Waals surface area contributed by atoms with Crippen molar-refractivity contribution in [3.63, 3.8) is 0 Å². The van der Waals surface area contributed by atoms with E-state index in [2.05, 4.69) is 5.32 Å². The molecule has 1 aliphatic rings. The molecule has 0 saturated carbocycles. The third kappa shape index (κ3) is 3.22. The van der Waals surface area contributed by atoms with E-state index < -0.39 is 17.6 Å². The normalized spacial score (nSPS) is 13.8. The minimum absolute atomic E-state index is 0.0713. The van der Waals surface area contributed by atoms with Gasteiger partial charge in [0.15, 0.2) is 0 Å². The highest BCUT2D eigenvalue weighted by Crippen LogP contribution is 2.38. The predicted molar refractivity (Wildman–Crippen MR) is 114 cm³/mol. The lowest BCUT2D eigenvalue weighted by Gasteiger charge is -2.16. The molecule has 3 aromatic carbocycles. The number of halogens is 1. The zero-order valence-corrected chi connectivity index (χ0v) is 16.5. The van der Waals surface area contributed by atoms with Crippen molar-refractivity contribution in [2.75, 3.05) is 17.3 Å². The third-order valence-corrected chi connectivity index (χ3v) is 4.96. The lowest BCUT2D eigenvalue weighted by Crippen LogP contribution is -2.33. The van der Waals surface area contributed by atoms with Gasteiger partial charge in [-0.05, 0) is 36.8 Å². The maximum Gasteiger partial charge on any atom is 0.282 e. The number of nitrogens with zero attached hydrogens (tertiary/aromatic N) is 1. The highest BCUT2D eigenvalue weighted by molar-refractivity contribution is 6.46. The molecule has 3 aromatic rings. The smallest absolute Gasteiger partial charge is 0.282 e. The first kappa shape index (κ1) is 19.4. The number of methoxy groups -OCH3 is 1. The first-order chi connectivity index (χ1) is 14.5. The highest BCUT2D eigenvalue weighted by atomic mass is 19.1.